The van der Waals surface area contributed by atoms with Gasteiger partial charge in [0.25, 0.3) is 5.91 Å². The molecule has 2 heteroatoms. The van der Waals surface area contributed by atoms with Gasteiger partial charge in [0.1, 0.15) is 0 Å². The van der Waals surface area contributed by atoms with Crippen LogP contribution in [0.15, 0.2) is 37.1 Å². The van der Waals surface area contributed by atoms with E-state index in [1.807, 2.05) is 20.8 Å². The van der Waals surface area contributed by atoms with Crippen molar-refractivity contribution >= 4 is 5.91 Å². The van der Waals surface area contributed by atoms with Crippen LogP contribution in [-0.2, 0) is 4.79 Å². The molecule has 0 aromatic carbocycles. The van der Waals surface area contributed by atoms with Crippen molar-refractivity contribution in [1.29, 1.82) is 0 Å². The lowest BCUT2D eigenvalue weighted by Crippen LogP contribution is -2.26. The highest BCUT2D eigenvalue weighted by atomic mass is 16.1. The third kappa shape index (κ3) is 3.74. The van der Waals surface area contributed by atoms with Crippen LogP contribution in [0.4, 0.5) is 0 Å². The van der Waals surface area contributed by atoms with Crippen molar-refractivity contribution in [2.45, 2.75) is 20.8 Å². The van der Waals surface area contributed by atoms with Gasteiger partial charge in [-0.05, 0) is 11.6 Å². The average Bonchev–Trinajstić information content (AvgIpc) is 1.98. The summed E-state index contributed by atoms with van der Waals surface area (Å²) in [5.74, 6) is -0.123. The maximum Gasteiger partial charge on any atom is 0.251 e. The fourth-order valence-corrected chi connectivity index (χ4v) is 0.955. The smallest absolute Gasteiger partial charge is 0.251 e. The second-order valence-corrected chi connectivity index (χ2v) is 3.74. The molecule has 0 heterocycles. The van der Waals surface area contributed by atoms with E-state index in [0.29, 0.717) is 5.57 Å². The van der Waals surface area contributed by atoms with E-state index in [-0.39, 0.29) is 11.3 Å². The Morgan fingerprint density at radius 2 is 1.85 bits per heavy atom. The molecule has 0 rings (SSSR count). The number of carbonyl (C=O) groups is 1. The zero-order valence-electron chi connectivity index (χ0n) is 8.55. The SMILES string of the molecule is C=C/C=C(\C(=O)NC=C)C(C)(C)C. The minimum atomic E-state index is -0.179. The van der Waals surface area contributed by atoms with Gasteiger partial charge in [0, 0.05) is 5.57 Å². The van der Waals surface area contributed by atoms with Crippen LogP contribution in [0.1, 0.15) is 20.8 Å². The Balaban J connectivity index is 4.83. The van der Waals surface area contributed by atoms with E-state index in [4.69, 9.17) is 0 Å². The molecule has 13 heavy (non-hydrogen) atoms. The molecule has 0 aliphatic carbocycles. The predicted octanol–water partition coefficient (Wildman–Crippen LogP) is 2.40. The van der Waals surface area contributed by atoms with Crippen molar-refractivity contribution in [3.05, 3.63) is 37.1 Å². The number of carbonyl (C=O) groups excluding carboxylic acids is 1. The van der Waals surface area contributed by atoms with Gasteiger partial charge >= 0.3 is 0 Å². The molecule has 0 aliphatic heterocycles. The van der Waals surface area contributed by atoms with E-state index in [9.17, 15) is 4.79 Å². The molecule has 72 valence electrons. The molecule has 0 bridgehead atoms. The van der Waals surface area contributed by atoms with Gasteiger partial charge in [-0.1, -0.05) is 46.1 Å². The first kappa shape index (κ1) is 11.7. The molecule has 1 N–H and O–H groups in total. The van der Waals surface area contributed by atoms with Crippen molar-refractivity contribution in [2.75, 3.05) is 0 Å². The van der Waals surface area contributed by atoms with Gasteiger partial charge in [0.2, 0.25) is 0 Å². The quantitative estimate of drug-likeness (QED) is 0.523. The van der Waals surface area contributed by atoms with Crippen LogP contribution >= 0.6 is 0 Å². The molecule has 1 amide bonds. The van der Waals surface area contributed by atoms with Crippen LogP contribution in [-0.4, -0.2) is 5.91 Å². The Bertz CT molecular complexity index is 243. The van der Waals surface area contributed by atoms with E-state index < -0.39 is 0 Å². The largest absolute Gasteiger partial charge is 0.329 e. The van der Waals surface area contributed by atoms with E-state index in [0.717, 1.165) is 0 Å². The van der Waals surface area contributed by atoms with Crippen molar-refractivity contribution < 1.29 is 4.79 Å². The van der Waals surface area contributed by atoms with Crippen LogP contribution < -0.4 is 5.32 Å². The normalized spacial score (nSPS) is 12.1. The van der Waals surface area contributed by atoms with Gasteiger partial charge in [-0.25, -0.2) is 0 Å². The van der Waals surface area contributed by atoms with Crippen LogP contribution in [0.5, 0.6) is 0 Å². The number of hydrogen-bond donors (Lipinski definition) is 1. The number of hydrogen-bond acceptors (Lipinski definition) is 1. The lowest BCUT2D eigenvalue weighted by Gasteiger charge is -2.21. The third-order valence-electron chi connectivity index (χ3n) is 1.57. The monoisotopic (exact) mass is 179 g/mol. The summed E-state index contributed by atoms with van der Waals surface area (Å²) in [5, 5.41) is 2.55. The van der Waals surface area contributed by atoms with E-state index in [1.165, 1.54) is 6.20 Å². The molecular formula is C11H17NO. The Labute approximate surface area is 80.0 Å². The van der Waals surface area contributed by atoms with Gasteiger partial charge in [-0.15, -0.1) is 0 Å². The van der Waals surface area contributed by atoms with Crippen LogP contribution in [0.25, 0.3) is 0 Å². The molecule has 0 radical (unpaired) electrons. The Morgan fingerprint density at radius 3 is 2.15 bits per heavy atom. The number of allylic oxidation sites excluding steroid dienone is 2. The fourth-order valence-electron chi connectivity index (χ4n) is 0.955. The maximum absolute atomic E-state index is 11.5. The third-order valence-corrected chi connectivity index (χ3v) is 1.57. The molecule has 0 unspecified atom stereocenters. The number of amides is 1. The lowest BCUT2D eigenvalue weighted by atomic mass is 9.85. The van der Waals surface area contributed by atoms with Gasteiger partial charge in [0.15, 0.2) is 0 Å². The van der Waals surface area contributed by atoms with E-state index in [1.54, 1.807) is 12.2 Å². The molecule has 0 saturated heterocycles. The maximum atomic E-state index is 11.5. The van der Waals surface area contributed by atoms with Crippen molar-refractivity contribution in [2.24, 2.45) is 5.41 Å². The van der Waals surface area contributed by atoms with Crippen LogP contribution in [0.2, 0.25) is 0 Å². The summed E-state index contributed by atoms with van der Waals surface area (Å²) in [5.41, 5.74) is 0.517. The summed E-state index contributed by atoms with van der Waals surface area (Å²) < 4.78 is 0. The predicted molar refractivity (Wildman–Crippen MR) is 56.1 cm³/mol. The molecule has 0 aromatic rings. The van der Waals surface area contributed by atoms with Crippen molar-refractivity contribution in [3.8, 4) is 0 Å². The summed E-state index contributed by atoms with van der Waals surface area (Å²) in [6.45, 7) is 12.9. The molecule has 0 aliphatic rings. The Morgan fingerprint density at radius 1 is 1.31 bits per heavy atom. The fraction of sp³-hybridized carbons (Fsp3) is 0.364. The van der Waals surface area contributed by atoms with Gasteiger partial charge in [0.05, 0.1) is 0 Å². The van der Waals surface area contributed by atoms with Crippen molar-refractivity contribution in [1.82, 2.24) is 5.32 Å². The topological polar surface area (TPSA) is 29.1 Å². The zero-order chi connectivity index (χ0) is 10.5. The highest BCUT2D eigenvalue weighted by Gasteiger charge is 2.22. The molecule has 0 spiro atoms. The molecule has 0 fully saturated rings. The molecular weight excluding hydrogens is 162 g/mol. The highest BCUT2D eigenvalue weighted by Crippen LogP contribution is 2.25. The average molecular weight is 179 g/mol. The second kappa shape index (κ2) is 4.65. The number of rotatable bonds is 3. The summed E-state index contributed by atoms with van der Waals surface area (Å²) in [6.07, 6.45) is 4.72. The first-order chi connectivity index (χ1) is 5.93. The van der Waals surface area contributed by atoms with Gasteiger partial charge < -0.3 is 5.32 Å². The summed E-state index contributed by atoms with van der Waals surface area (Å²) >= 11 is 0. The molecule has 2 nitrogen and oxygen atoms in total. The Kier molecular flexibility index (Phi) is 4.18. The van der Waals surface area contributed by atoms with E-state index in [2.05, 4.69) is 18.5 Å². The molecule has 0 aromatic heterocycles. The van der Waals surface area contributed by atoms with Gasteiger partial charge in [-0.2, -0.15) is 0 Å². The summed E-state index contributed by atoms with van der Waals surface area (Å²) in [4.78, 5) is 11.5. The molecule has 0 saturated carbocycles. The molecule has 0 atom stereocenters. The Hall–Kier alpha value is -1.31. The zero-order valence-corrected chi connectivity index (χ0v) is 8.55. The first-order valence-corrected chi connectivity index (χ1v) is 4.18. The first-order valence-electron chi connectivity index (χ1n) is 4.18. The lowest BCUT2D eigenvalue weighted by molar-refractivity contribution is -0.117. The summed E-state index contributed by atoms with van der Waals surface area (Å²) in [7, 11) is 0. The highest BCUT2D eigenvalue weighted by molar-refractivity contribution is 5.95. The van der Waals surface area contributed by atoms with Crippen LogP contribution in [0.3, 0.4) is 0 Å². The summed E-state index contributed by atoms with van der Waals surface area (Å²) in [6, 6.07) is 0. The standard InChI is InChI=1S/C11H17NO/c1-6-8-9(11(3,4)5)10(13)12-7-2/h6-8H,1-2H2,3-5H3,(H,12,13)/b9-8+. The second-order valence-electron chi connectivity index (χ2n) is 3.74. The van der Waals surface area contributed by atoms with Gasteiger partial charge in [-0.3, -0.25) is 4.79 Å². The minimum absolute atomic E-state index is 0.123. The van der Waals surface area contributed by atoms with E-state index >= 15 is 0 Å². The van der Waals surface area contributed by atoms with Crippen molar-refractivity contribution in [3.63, 3.8) is 0 Å². The van der Waals surface area contributed by atoms with Crippen LogP contribution in [0, 0.1) is 5.41 Å². The number of nitrogens with one attached hydrogen (secondary N) is 1. The minimum Gasteiger partial charge on any atom is -0.329 e.